The Kier molecular flexibility index (Phi) is 2.45. The van der Waals surface area contributed by atoms with E-state index in [1.807, 2.05) is 0 Å². The Balaban J connectivity index is 1.95. The Bertz CT molecular complexity index is 723. The fourth-order valence-electron chi connectivity index (χ4n) is 3.03. The van der Waals surface area contributed by atoms with Crippen LogP contribution in [-0.4, -0.2) is 31.2 Å². The van der Waals surface area contributed by atoms with Gasteiger partial charge in [0.2, 0.25) is 0 Å². The molecule has 4 rings (SSSR count). The number of aromatic nitrogens is 1. The summed E-state index contributed by atoms with van der Waals surface area (Å²) in [7, 11) is 0. The van der Waals surface area contributed by atoms with Crippen LogP contribution in [-0.2, 0) is 0 Å². The van der Waals surface area contributed by atoms with Crippen LogP contribution in [0, 0.1) is 0 Å². The predicted molar refractivity (Wildman–Crippen MR) is 80.9 cm³/mol. The molecule has 0 atom stereocenters. The molecular weight excluding hydrogens is 234 g/mol. The lowest BCUT2D eigenvalue weighted by Gasteiger charge is -2.29. The highest BCUT2D eigenvalue weighted by Gasteiger charge is 2.15. The number of nitrogens with one attached hydrogen (secondary N) is 2. The fourth-order valence-corrected chi connectivity index (χ4v) is 3.03. The van der Waals surface area contributed by atoms with E-state index in [1.165, 1.54) is 27.5 Å². The number of rotatable bonds is 1. The first kappa shape index (κ1) is 10.9. The van der Waals surface area contributed by atoms with Crippen molar-refractivity contribution in [2.75, 3.05) is 31.1 Å². The number of H-pyrrole nitrogens is 1. The van der Waals surface area contributed by atoms with Crippen LogP contribution in [0.3, 0.4) is 0 Å². The lowest BCUT2D eigenvalue weighted by molar-refractivity contribution is 0.590. The molecule has 1 fully saturated rings. The SMILES string of the molecule is c1ccc2c(c1)[nH]c1c(N3CCNCC3)cccc12. The van der Waals surface area contributed by atoms with Gasteiger partial charge in [0.05, 0.1) is 11.2 Å². The van der Waals surface area contributed by atoms with E-state index >= 15 is 0 Å². The highest BCUT2D eigenvalue weighted by molar-refractivity contribution is 6.11. The number of aromatic amines is 1. The molecule has 0 bridgehead atoms. The summed E-state index contributed by atoms with van der Waals surface area (Å²) in [6, 6.07) is 15.1. The molecule has 2 heterocycles. The van der Waals surface area contributed by atoms with E-state index in [0.717, 1.165) is 26.2 Å². The van der Waals surface area contributed by atoms with Crippen molar-refractivity contribution in [3.63, 3.8) is 0 Å². The van der Waals surface area contributed by atoms with Crippen molar-refractivity contribution in [2.45, 2.75) is 0 Å². The Labute approximate surface area is 112 Å². The zero-order chi connectivity index (χ0) is 12.7. The fraction of sp³-hybridized carbons (Fsp3) is 0.250. The van der Waals surface area contributed by atoms with Gasteiger partial charge in [0, 0.05) is 42.5 Å². The summed E-state index contributed by atoms with van der Waals surface area (Å²) < 4.78 is 0. The topological polar surface area (TPSA) is 31.1 Å². The molecule has 2 N–H and O–H groups in total. The third kappa shape index (κ3) is 1.70. The number of hydrogen-bond donors (Lipinski definition) is 2. The molecule has 1 aliphatic rings. The highest BCUT2D eigenvalue weighted by Crippen LogP contribution is 2.32. The third-order valence-electron chi connectivity index (χ3n) is 3.98. The van der Waals surface area contributed by atoms with Crippen LogP contribution < -0.4 is 10.2 Å². The minimum atomic E-state index is 1.07. The summed E-state index contributed by atoms with van der Waals surface area (Å²) in [4.78, 5) is 6.05. The van der Waals surface area contributed by atoms with Crippen LogP contribution in [0.15, 0.2) is 42.5 Å². The number of piperazine rings is 1. The number of nitrogens with zero attached hydrogens (tertiary/aromatic N) is 1. The second-order valence-electron chi connectivity index (χ2n) is 5.11. The van der Waals surface area contributed by atoms with E-state index < -0.39 is 0 Å². The van der Waals surface area contributed by atoms with Gasteiger partial charge in [-0.3, -0.25) is 0 Å². The average Bonchev–Trinajstić information content (AvgIpc) is 2.87. The van der Waals surface area contributed by atoms with Crippen LogP contribution in [0.4, 0.5) is 5.69 Å². The van der Waals surface area contributed by atoms with Gasteiger partial charge in [0.1, 0.15) is 0 Å². The summed E-state index contributed by atoms with van der Waals surface area (Å²) in [6.07, 6.45) is 0. The van der Waals surface area contributed by atoms with Crippen LogP contribution in [0.5, 0.6) is 0 Å². The smallest absolute Gasteiger partial charge is 0.0702 e. The molecule has 0 amide bonds. The summed E-state index contributed by atoms with van der Waals surface area (Å²) in [5.41, 5.74) is 3.82. The van der Waals surface area contributed by atoms with Gasteiger partial charge >= 0.3 is 0 Å². The molecule has 0 unspecified atom stereocenters. The largest absolute Gasteiger partial charge is 0.367 e. The number of para-hydroxylation sites is 2. The van der Waals surface area contributed by atoms with Gasteiger partial charge in [-0.15, -0.1) is 0 Å². The molecule has 0 aliphatic carbocycles. The normalized spacial score (nSPS) is 16.3. The van der Waals surface area contributed by atoms with E-state index in [-0.39, 0.29) is 0 Å². The lowest BCUT2D eigenvalue weighted by Crippen LogP contribution is -2.43. The summed E-state index contributed by atoms with van der Waals surface area (Å²) in [6.45, 7) is 4.29. The summed E-state index contributed by atoms with van der Waals surface area (Å²) >= 11 is 0. The van der Waals surface area contributed by atoms with Crippen molar-refractivity contribution < 1.29 is 0 Å². The van der Waals surface area contributed by atoms with Gasteiger partial charge < -0.3 is 15.2 Å². The predicted octanol–water partition coefficient (Wildman–Crippen LogP) is 2.73. The Morgan fingerprint density at radius 1 is 0.842 bits per heavy atom. The van der Waals surface area contributed by atoms with E-state index in [0.29, 0.717) is 0 Å². The standard InChI is InChI=1S/C16H17N3/c1-2-6-14-12(4-1)13-5-3-7-15(16(13)18-14)19-10-8-17-9-11-19/h1-7,17-18H,8-11H2. The second kappa shape index (κ2) is 4.28. The van der Waals surface area contributed by atoms with Crippen molar-refractivity contribution in [2.24, 2.45) is 0 Å². The Hall–Kier alpha value is -2.00. The van der Waals surface area contributed by atoms with E-state index in [2.05, 4.69) is 57.7 Å². The van der Waals surface area contributed by atoms with Gasteiger partial charge in [-0.2, -0.15) is 0 Å². The summed E-state index contributed by atoms with van der Waals surface area (Å²) in [5, 5.41) is 6.05. The molecule has 0 saturated carbocycles. The zero-order valence-electron chi connectivity index (χ0n) is 10.8. The second-order valence-corrected chi connectivity index (χ2v) is 5.11. The van der Waals surface area contributed by atoms with Gasteiger partial charge in [0.15, 0.2) is 0 Å². The third-order valence-corrected chi connectivity index (χ3v) is 3.98. The number of fused-ring (bicyclic) bond motifs is 3. The van der Waals surface area contributed by atoms with Gasteiger partial charge in [-0.1, -0.05) is 30.3 Å². The Morgan fingerprint density at radius 3 is 2.53 bits per heavy atom. The molecule has 0 spiro atoms. The zero-order valence-corrected chi connectivity index (χ0v) is 10.8. The summed E-state index contributed by atoms with van der Waals surface area (Å²) in [5.74, 6) is 0. The molecule has 3 aromatic rings. The maximum atomic E-state index is 3.58. The average molecular weight is 251 g/mol. The molecule has 19 heavy (non-hydrogen) atoms. The van der Waals surface area contributed by atoms with Crippen LogP contribution in [0.2, 0.25) is 0 Å². The molecule has 2 aromatic carbocycles. The van der Waals surface area contributed by atoms with Crippen LogP contribution >= 0.6 is 0 Å². The molecule has 0 radical (unpaired) electrons. The molecular formula is C16H17N3. The minimum Gasteiger partial charge on any atom is -0.367 e. The van der Waals surface area contributed by atoms with Crippen molar-refractivity contribution in [1.29, 1.82) is 0 Å². The van der Waals surface area contributed by atoms with Gasteiger partial charge in [-0.25, -0.2) is 0 Å². The van der Waals surface area contributed by atoms with Gasteiger partial charge in [0.25, 0.3) is 0 Å². The van der Waals surface area contributed by atoms with E-state index in [9.17, 15) is 0 Å². The van der Waals surface area contributed by atoms with Gasteiger partial charge in [-0.05, 0) is 12.1 Å². The van der Waals surface area contributed by atoms with Crippen molar-refractivity contribution >= 4 is 27.5 Å². The van der Waals surface area contributed by atoms with Crippen molar-refractivity contribution in [3.05, 3.63) is 42.5 Å². The molecule has 3 nitrogen and oxygen atoms in total. The quantitative estimate of drug-likeness (QED) is 0.696. The maximum Gasteiger partial charge on any atom is 0.0702 e. The molecule has 1 aromatic heterocycles. The number of benzene rings is 2. The first-order chi connectivity index (χ1) is 9.43. The first-order valence-electron chi connectivity index (χ1n) is 6.88. The van der Waals surface area contributed by atoms with E-state index in [4.69, 9.17) is 0 Å². The number of hydrogen-bond acceptors (Lipinski definition) is 2. The molecule has 96 valence electrons. The molecule has 1 saturated heterocycles. The molecule has 1 aliphatic heterocycles. The number of anilines is 1. The highest BCUT2D eigenvalue weighted by atomic mass is 15.2. The molecule has 3 heteroatoms. The lowest BCUT2D eigenvalue weighted by atomic mass is 10.1. The first-order valence-corrected chi connectivity index (χ1v) is 6.88. The monoisotopic (exact) mass is 251 g/mol. The van der Waals surface area contributed by atoms with Crippen molar-refractivity contribution in [3.8, 4) is 0 Å². The van der Waals surface area contributed by atoms with Crippen LogP contribution in [0.1, 0.15) is 0 Å². The Morgan fingerprint density at radius 2 is 1.63 bits per heavy atom. The van der Waals surface area contributed by atoms with Crippen molar-refractivity contribution in [1.82, 2.24) is 10.3 Å². The maximum absolute atomic E-state index is 3.58. The van der Waals surface area contributed by atoms with Crippen LogP contribution in [0.25, 0.3) is 21.8 Å². The van der Waals surface area contributed by atoms with E-state index in [1.54, 1.807) is 0 Å². The minimum absolute atomic E-state index is 1.07.